The molecule has 0 aromatic heterocycles. The minimum atomic E-state index is -0.369. The number of hydrogen-bond donors (Lipinski definition) is 2. The SMILES string of the molecule is CC1C(c2ccc(Cl)cc2)SC(=O)N1C(=O)NC1CCCC(O)C1. The molecular formula is C17H21ClN2O3S. The zero-order chi connectivity index (χ0) is 17.3. The molecule has 0 spiro atoms. The van der Waals surface area contributed by atoms with Gasteiger partial charge in [0, 0.05) is 11.1 Å². The average Bonchev–Trinajstić information content (AvgIpc) is 2.83. The predicted octanol–water partition coefficient (Wildman–Crippen LogP) is 3.95. The second-order valence-corrected chi connectivity index (χ2v) is 7.96. The number of aliphatic hydroxyl groups excluding tert-OH is 1. The highest BCUT2D eigenvalue weighted by molar-refractivity contribution is 8.14. The van der Waals surface area contributed by atoms with E-state index >= 15 is 0 Å². The first-order valence-electron chi connectivity index (χ1n) is 8.19. The number of amides is 3. The van der Waals surface area contributed by atoms with Crippen molar-refractivity contribution in [1.29, 1.82) is 0 Å². The Morgan fingerprint density at radius 1 is 1.33 bits per heavy atom. The third-order valence-electron chi connectivity index (χ3n) is 4.66. The van der Waals surface area contributed by atoms with Crippen molar-refractivity contribution in [3.8, 4) is 0 Å². The summed E-state index contributed by atoms with van der Waals surface area (Å²) < 4.78 is 0. The molecule has 5 nitrogen and oxygen atoms in total. The van der Waals surface area contributed by atoms with Crippen LogP contribution in [0.25, 0.3) is 0 Å². The topological polar surface area (TPSA) is 69.6 Å². The van der Waals surface area contributed by atoms with Crippen molar-refractivity contribution in [3.63, 3.8) is 0 Å². The molecule has 130 valence electrons. The molecule has 0 bridgehead atoms. The molecule has 2 aliphatic rings. The molecule has 24 heavy (non-hydrogen) atoms. The van der Waals surface area contributed by atoms with Crippen LogP contribution in [0.3, 0.4) is 0 Å². The molecule has 1 aliphatic heterocycles. The number of thioether (sulfide) groups is 1. The molecule has 1 heterocycles. The van der Waals surface area contributed by atoms with Gasteiger partial charge in [-0.3, -0.25) is 9.69 Å². The van der Waals surface area contributed by atoms with Gasteiger partial charge in [0.05, 0.1) is 17.4 Å². The van der Waals surface area contributed by atoms with Gasteiger partial charge < -0.3 is 10.4 Å². The third-order valence-corrected chi connectivity index (χ3v) is 6.23. The van der Waals surface area contributed by atoms with Crippen LogP contribution in [0, 0.1) is 0 Å². The van der Waals surface area contributed by atoms with E-state index in [-0.39, 0.29) is 34.7 Å². The van der Waals surface area contributed by atoms with Crippen LogP contribution in [0.1, 0.15) is 43.4 Å². The highest BCUT2D eigenvalue weighted by Gasteiger charge is 2.42. The van der Waals surface area contributed by atoms with Gasteiger partial charge in [0.2, 0.25) is 0 Å². The van der Waals surface area contributed by atoms with Crippen molar-refractivity contribution in [2.75, 3.05) is 0 Å². The van der Waals surface area contributed by atoms with Crippen LogP contribution in [0.2, 0.25) is 5.02 Å². The lowest BCUT2D eigenvalue weighted by Crippen LogP contribution is -2.49. The van der Waals surface area contributed by atoms with Crippen LogP contribution in [0.15, 0.2) is 24.3 Å². The quantitative estimate of drug-likeness (QED) is 0.829. The smallest absolute Gasteiger partial charge is 0.325 e. The van der Waals surface area contributed by atoms with Crippen molar-refractivity contribution >= 4 is 34.6 Å². The summed E-state index contributed by atoms with van der Waals surface area (Å²) in [7, 11) is 0. The van der Waals surface area contributed by atoms with Crippen LogP contribution < -0.4 is 5.32 Å². The van der Waals surface area contributed by atoms with E-state index in [1.54, 1.807) is 12.1 Å². The van der Waals surface area contributed by atoms with Gasteiger partial charge in [-0.05, 0) is 50.3 Å². The molecule has 1 saturated carbocycles. The molecule has 3 rings (SSSR count). The fraction of sp³-hybridized carbons (Fsp3) is 0.529. The highest BCUT2D eigenvalue weighted by Crippen LogP contribution is 2.43. The summed E-state index contributed by atoms with van der Waals surface area (Å²) in [6, 6.07) is 6.70. The lowest BCUT2D eigenvalue weighted by Gasteiger charge is -2.29. The Morgan fingerprint density at radius 2 is 2.04 bits per heavy atom. The van der Waals surface area contributed by atoms with Crippen molar-refractivity contribution in [2.24, 2.45) is 0 Å². The highest BCUT2D eigenvalue weighted by atomic mass is 35.5. The number of aliphatic hydroxyl groups is 1. The summed E-state index contributed by atoms with van der Waals surface area (Å²) in [5, 5.41) is 12.9. The van der Waals surface area contributed by atoms with E-state index < -0.39 is 0 Å². The standard InChI is InChI=1S/C17H21ClN2O3S/c1-10-15(11-5-7-12(18)8-6-11)24-17(23)20(10)16(22)19-13-3-2-4-14(21)9-13/h5-8,10,13-15,21H,2-4,9H2,1H3,(H,19,22). The fourth-order valence-electron chi connectivity index (χ4n) is 3.37. The Balaban J connectivity index is 1.68. The van der Waals surface area contributed by atoms with Crippen molar-refractivity contribution in [1.82, 2.24) is 10.2 Å². The molecule has 4 atom stereocenters. The second-order valence-electron chi connectivity index (χ2n) is 6.43. The number of hydrogen-bond acceptors (Lipinski definition) is 4. The number of halogens is 1. The fourth-order valence-corrected chi connectivity index (χ4v) is 4.69. The van der Waals surface area contributed by atoms with Crippen molar-refractivity contribution < 1.29 is 14.7 Å². The number of carbonyl (C=O) groups is 2. The first kappa shape index (κ1) is 17.6. The van der Waals surface area contributed by atoms with Crippen LogP contribution in [-0.4, -0.2) is 39.5 Å². The molecular weight excluding hydrogens is 348 g/mol. The molecule has 4 unspecified atom stereocenters. The van der Waals surface area contributed by atoms with Gasteiger partial charge in [0.15, 0.2) is 0 Å². The number of benzene rings is 1. The Hall–Kier alpha value is -1.24. The maximum Gasteiger partial charge on any atom is 0.325 e. The number of urea groups is 1. The van der Waals surface area contributed by atoms with Crippen molar-refractivity contribution in [2.45, 2.75) is 56.0 Å². The zero-order valence-corrected chi connectivity index (χ0v) is 15.0. The number of nitrogens with one attached hydrogen (secondary N) is 1. The number of carbonyl (C=O) groups excluding carboxylic acids is 2. The lowest BCUT2D eigenvalue weighted by molar-refractivity contribution is 0.111. The maximum atomic E-state index is 12.5. The molecule has 1 aliphatic carbocycles. The summed E-state index contributed by atoms with van der Waals surface area (Å²) in [6.45, 7) is 1.88. The largest absolute Gasteiger partial charge is 0.393 e. The summed E-state index contributed by atoms with van der Waals surface area (Å²) in [5.74, 6) is 0. The second kappa shape index (κ2) is 7.33. The molecule has 1 aromatic carbocycles. The van der Waals surface area contributed by atoms with Gasteiger partial charge in [-0.25, -0.2) is 4.79 Å². The van der Waals surface area contributed by atoms with Gasteiger partial charge in [-0.15, -0.1) is 0 Å². The first-order valence-corrected chi connectivity index (χ1v) is 9.45. The van der Waals surface area contributed by atoms with E-state index in [2.05, 4.69) is 5.32 Å². The van der Waals surface area contributed by atoms with E-state index in [9.17, 15) is 14.7 Å². The third kappa shape index (κ3) is 3.71. The molecule has 2 fully saturated rings. The predicted molar refractivity (Wildman–Crippen MR) is 95.3 cm³/mol. The van der Waals surface area contributed by atoms with E-state index in [4.69, 9.17) is 11.6 Å². The number of imide groups is 1. The van der Waals surface area contributed by atoms with E-state index in [0.717, 1.165) is 24.8 Å². The van der Waals surface area contributed by atoms with E-state index in [1.807, 2.05) is 19.1 Å². The molecule has 2 N–H and O–H groups in total. The summed E-state index contributed by atoms with van der Waals surface area (Å²) >= 11 is 7.08. The van der Waals surface area contributed by atoms with Crippen LogP contribution in [-0.2, 0) is 0 Å². The number of nitrogens with zero attached hydrogens (tertiary/aromatic N) is 1. The van der Waals surface area contributed by atoms with Crippen LogP contribution >= 0.6 is 23.4 Å². The minimum absolute atomic E-state index is 0.0687. The average molecular weight is 369 g/mol. The summed E-state index contributed by atoms with van der Waals surface area (Å²) in [5.41, 5.74) is 0.980. The normalized spacial score (nSPS) is 30.5. The van der Waals surface area contributed by atoms with Gasteiger partial charge in [0.25, 0.3) is 5.24 Å². The molecule has 1 saturated heterocycles. The molecule has 3 amide bonds. The maximum absolute atomic E-state index is 12.5. The Labute approximate surface area is 150 Å². The van der Waals surface area contributed by atoms with Gasteiger partial charge in [-0.2, -0.15) is 0 Å². The van der Waals surface area contributed by atoms with Gasteiger partial charge >= 0.3 is 6.03 Å². The first-order chi connectivity index (χ1) is 11.5. The molecule has 0 radical (unpaired) electrons. The Morgan fingerprint density at radius 3 is 2.71 bits per heavy atom. The van der Waals surface area contributed by atoms with Gasteiger partial charge in [0.1, 0.15) is 0 Å². The number of rotatable bonds is 2. The lowest BCUT2D eigenvalue weighted by atomic mass is 9.93. The van der Waals surface area contributed by atoms with Crippen LogP contribution in [0.5, 0.6) is 0 Å². The minimum Gasteiger partial charge on any atom is -0.393 e. The molecule has 1 aromatic rings. The summed E-state index contributed by atoms with van der Waals surface area (Å²) in [4.78, 5) is 26.2. The van der Waals surface area contributed by atoms with Gasteiger partial charge in [-0.1, -0.05) is 35.5 Å². The van der Waals surface area contributed by atoms with E-state index in [1.165, 1.54) is 16.7 Å². The van der Waals surface area contributed by atoms with Crippen LogP contribution in [0.4, 0.5) is 9.59 Å². The molecule has 7 heteroatoms. The monoisotopic (exact) mass is 368 g/mol. The zero-order valence-electron chi connectivity index (χ0n) is 13.4. The summed E-state index contributed by atoms with van der Waals surface area (Å²) in [6.07, 6.45) is 2.69. The van der Waals surface area contributed by atoms with E-state index in [0.29, 0.717) is 11.4 Å². The Bertz CT molecular complexity index is 625. The van der Waals surface area contributed by atoms with Crippen molar-refractivity contribution in [3.05, 3.63) is 34.9 Å². The Kier molecular flexibility index (Phi) is 5.37.